The van der Waals surface area contributed by atoms with Crippen LogP contribution in [0.1, 0.15) is 43.7 Å². The highest BCUT2D eigenvalue weighted by Gasteiger charge is 2.36. The first kappa shape index (κ1) is 37.4. The van der Waals surface area contributed by atoms with Crippen molar-refractivity contribution in [1.82, 2.24) is 29.8 Å². The SMILES string of the molecule is CCOC(=O)CN1CCC(N2CCN(C(=O)[C@@H](Cc3cc(Br)c(O)c(Br)c3)NC(=O)N3CCC(N4Cc5ccccc5NC4=O)CC3)CC2)CC1. The van der Waals surface area contributed by atoms with Gasteiger partial charge in [0.1, 0.15) is 11.8 Å². The number of piperazine rings is 1. The second kappa shape index (κ2) is 17.0. The highest BCUT2D eigenvalue weighted by atomic mass is 79.9. The third-order valence-corrected chi connectivity index (χ3v) is 11.7. The Balaban J connectivity index is 1.05. The van der Waals surface area contributed by atoms with E-state index in [9.17, 15) is 24.3 Å². The number of phenols is 1. The number of ether oxygens (including phenoxy) is 1. The maximum absolute atomic E-state index is 14.1. The monoisotopic (exact) mass is 831 g/mol. The summed E-state index contributed by atoms with van der Waals surface area (Å²) in [7, 11) is 0. The van der Waals surface area contributed by atoms with Gasteiger partial charge in [0.2, 0.25) is 5.91 Å². The predicted molar refractivity (Wildman–Crippen MR) is 199 cm³/mol. The summed E-state index contributed by atoms with van der Waals surface area (Å²) in [5.74, 6) is -0.243. The van der Waals surface area contributed by atoms with Crippen molar-refractivity contribution in [2.75, 3.05) is 70.8 Å². The van der Waals surface area contributed by atoms with Crippen LogP contribution in [0.25, 0.3) is 0 Å². The molecule has 0 radical (unpaired) electrons. The second-order valence-corrected chi connectivity index (χ2v) is 15.4. The number of rotatable bonds is 9. The number of hydrogen-bond acceptors (Lipinski definition) is 8. The van der Waals surface area contributed by atoms with Crippen LogP contribution in [-0.2, 0) is 27.3 Å². The molecule has 15 heteroatoms. The molecule has 0 saturated carbocycles. The van der Waals surface area contributed by atoms with Crippen LogP contribution in [0.5, 0.6) is 5.75 Å². The topological polar surface area (TPSA) is 138 Å². The molecule has 276 valence electrons. The number of aromatic hydroxyl groups is 1. The molecule has 5 amide bonds. The van der Waals surface area contributed by atoms with Crippen molar-refractivity contribution in [1.29, 1.82) is 0 Å². The quantitative estimate of drug-likeness (QED) is 0.320. The molecule has 0 aliphatic carbocycles. The van der Waals surface area contributed by atoms with Crippen LogP contribution >= 0.6 is 31.9 Å². The minimum Gasteiger partial charge on any atom is -0.506 e. The van der Waals surface area contributed by atoms with Crippen LogP contribution in [0.4, 0.5) is 15.3 Å². The number of phenolic OH excluding ortho intramolecular Hbond substituents is 1. The lowest BCUT2D eigenvalue weighted by molar-refractivity contribution is -0.144. The molecule has 3 fully saturated rings. The summed E-state index contributed by atoms with van der Waals surface area (Å²) in [6, 6.07) is 10.5. The van der Waals surface area contributed by atoms with E-state index in [1.807, 2.05) is 41.0 Å². The van der Waals surface area contributed by atoms with Crippen LogP contribution in [0.15, 0.2) is 45.3 Å². The van der Waals surface area contributed by atoms with Gasteiger partial charge in [0.15, 0.2) is 0 Å². The van der Waals surface area contributed by atoms with Gasteiger partial charge in [-0.25, -0.2) is 9.59 Å². The zero-order valence-corrected chi connectivity index (χ0v) is 32.2. The van der Waals surface area contributed by atoms with Gasteiger partial charge in [-0.3, -0.25) is 19.4 Å². The number of amides is 5. The molecule has 13 nitrogen and oxygen atoms in total. The first-order valence-corrected chi connectivity index (χ1v) is 19.5. The fraction of sp³-hybridized carbons (Fsp3) is 0.556. The van der Waals surface area contributed by atoms with Gasteiger partial charge in [-0.05, 0) is 93.8 Å². The number of likely N-dealkylation sites (tertiary alicyclic amines) is 2. The molecule has 0 aromatic heterocycles. The summed E-state index contributed by atoms with van der Waals surface area (Å²) in [6.07, 6.45) is 3.46. The number of hydrogen-bond donors (Lipinski definition) is 3. The number of para-hydroxylation sites is 1. The molecule has 2 aromatic rings. The van der Waals surface area contributed by atoms with E-state index in [-0.39, 0.29) is 42.2 Å². The first-order chi connectivity index (χ1) is 24.6. The van der Waals surface area contributed by atoms with E-state index in [0.29, 0.717) is 73.7 Å². The Hall–Kier alpha value is -3.40. The van der Waals surface area contributed by atoms with Gasteiger partial charge in [-0.2, -0.15) is 0 Å². The number of carbonyl (C=O) groups is 4. The molecule has 6 rings (SSSR count). The van der Waals surface area contributed by atoms with Crippen molar-refractivity contribution in [2.45, 2.75) is 63.7 Å². The number of halogens is 2. The molecule has 0 bridgehead atoms. The maximum Gasteiger partial charge on any atom is 0.322 e. The predicted octanol–water partition coefficient (Wildman–Crippen LogP) is 4.22. The minimum absolute atomic E-state index is 0.00707. The van der Waals surface area contributed by atoms with Gasteiger partial charge in [0.25, 0.3) is 0 Å². The van der Waals surface area contributed by atoms with E-state index in [4.69, 9.17) is 4.74 Å². The molecule has 2 aromatic carbocycles. The summed E-state index contributed by atoms with van der Waals surface area (Å²) in [4.78, 5) is 62.7. The van der Waals surface area contributed by atoms with Crippen LogP contribution in [0.3, 0.4) is 0 Å². The van der Waals surface area contributed by atoms with Gasteiger partial charge in [0, 0.05) is 83.1 Å². The molecule has 1 atom stereocenters. The second-order valence-electron chi connectivity index (χ2n) is 13.7. The zero-order valence-electron chi connectivity index (χ0n) is 29.0. The van der Waals surface area contributed by atoms with Crippen LogP contribution in [0, 0.1) is 0 Å². The Kier molecular flexibility index (Phi) is 12.4. The Morgan fingerprint density at radius 1 is 0.922 bits per heavy atom. The number of fused-ring (bicyclic) bond motifs is 1. The average molecular weight is 834 g/mol. The highest BCUT2D eigenvalue weighted by Crippen LogP contribution is 2.34. The summed E-state index contributed by atoms with van der Waals surface area (Å²) in [5, 5.41) is 16.3. The molecule has 0 spiro atoms. The van der Waals surface area contributed by atoms with E-state index in [1.165, 1.54) is 0 Å². The first-order valence-electron chi connectivity index (χ1n) is 17.9. The van der Waals surface area contributed by atoms with Crippen molar-refractivity contribution in [2.24, 2.45) is 0 Å². The summed E-state index contributed by atoms with van der Waals surface area (Å²) < 4.78 is 6.10. The van der Waals surface area contributed by atoms with Crippen molar-refractivity contribution < 1.29 is 29.0 Å². The molecule has 3 N–H and O–H groups in total. The summed E-state index contributed by atoms with van der Waals surface area (Å²) in [5.41, 5.74) is 2.70. The van der Waals surface area contributed by atoms with Gasteiger partial charge in [0.05, 0.1) is 22.1 Å². The third-order valence-electron chi connectivity index (χ3n) is 10.5. The number of piperidine rings is 2. The van der Waals surface area contributed by atoms with E-state index < -0.39 is 6.04 Å². The van der Waals surface area contributed by atoms with Crippen molar-refractivity contribution >= 4 is 61.5 Å². The van der Waals surface area contributed by atoms with Crippen LogP contribution in [-0.4, -0.2) is 137 Å². The van der Waals surface area contributed by atoms with E-state index in [0.717, 1.165) is 55.8 Å². The number of urea groups is 2. The van der Waals surface area contributed by atoms with Crippen LogP contribution in [0.2, 0.25) is 0 Å². The fourth-order valence-corrected chi connectivity index (χ4v) is 8.95. The normalized spacial score (nSPS) is 20.1. The third kappa shape index (κ3) is 9.16. The standard InChI is InChI=1S/C36H47Br2N7O6/c1-2-51-32(46)23-41-11-7-26(8-12-41)42-15-17-43(18-16-42)34(48)31(21-24-19-28(37)33(47)29(38)20-24)40-35(49)44-13-9-27(10-14-44)45-22-25-5-3-4-6-30(25)39-36(45)50/h3-6,19-20,26-27,31,47H,2,7-18,21-23H2,1H3,(H,39,50)(H,40,49)/t31-/m1/s1. The smallest absolute Gasteiger partial charge is 0.322 e. The summed E-state index contributed by atoms with van der Waals surface area (Å²) >= 11 is 6.79. The number of nitrogens with zero attached hydrogens (tertiary/aromatic N) is 5. The Labute approximate surface area is 315 Å². The van der Waals surface area contributed by atoms with Crippen molar-refractivity contribution in [3.63, 3.8) is 0 Å². The molecule has 4 aliphatic rings. The number of esters is 1. The van der Waals surface area contributed by atoms with Gasteiger partial charge in [-0.15, -0.1) is 0 Å². The molecule has 4 aliphatic heterocycles. The minimum atomic E-state index is -0.805. The Morgan fingerprint density at radius 3 is 2.24 bits per heavy atom. The Bertz CT molecular complexity index is 1570. The fourth-order valence-electron chi connectivity index (χ4n) is 7.67. The maximum atomic E-state index is 14.1. The van der Waals surface area contributed by atoms with Crippen LogP contribution < -0.4 is 10.6 Å². The zero-order chi connectivity index (χ0) is 36.1. The lowest BCUT2D eigenvalue weighted by atomic mass is 10.0. The van der Waals surface area contributed by atoms with E-state index in [1.54, 1.807) is 17.0 Å². The summed E-state index contributed by atoms with van der Waals surface area (Å²) in [6.45, 7) is 8.29. The molecular formula is C36H47Br2N7O6. The van der Waals surface area contributed by atoms with Crippen molar-refractivity contribution in [3.05, 3.63) is 56.5 Å². The molecule has 4 heterocycles. The molecule has 3 saturated heterocycles. The van der Waals surface area contributed by atoms with Crippen molar-refractivity contribution in [3.8, 4) is 5.75 Å². The van der Waals surface area contributed by atoms with Gasteiger partial charge in [-0.1, -0.05) is 18.2 Å². The highest BCUT2D eigenvalue weighted by molar-refractivity contribution is 9.11. The number of anilines is 1. The number of nitrogens with one attached hydrogen (secondary N) is 2. The molecule has 0 unspecified atom stereocenters. The lowest BCUT2D eigenvalue weighted by Gasteiger charge is -2.43. The van der Waals surface area contributed by atoms with E-state index >= 15 is 0 Å². The number of carbonyl (C=O) groups excluding carboxylic acids is 4. The molecular weight excluding hydrogens is 786 g/mol. The largest absolute Gasteiger partial charge is 0.506 e. The Morgan fingerprint density at radius 2 is 1.57 bits per heavy atom. The number of benzene rings is 2. The average Bonchev–Trinajstić information content (AvgIpc) is 3.13. The van der Waals surface area contributed by atoms with Gasteiger partial charge >= 0.3 is 18.0 Å². The van der Waals surface area contributed by atoms with E-state index in [2.05, 4.69) is 52.3 Å². The lowest BCUT2D eigenvalue weighted by Crippen LogP contribution is -2.59. The molecule has 51 heavy (non-hydrogen) atoms. The van der Waals surface area contributed by atoms with Gasteiger partial charge < -0.3 is 35.2 Å².